The number of likely N-dealkylation sites (tertiary alicyclic amines) is 1. The van der Waals surface area contributed by atoms with Crippen molar-refractivity contribution in [3.8, 4) is 0 Å². The summed E-state index contributed by atoms with van der Waals surface area (Å²) in [4.78, 5) is 101. The van der Waals surface area contributed by atoms with E-state index < -0.39 is 90.6 Å². The average Bonchev–Trinajstić information content (AvgIpc) is 3.86. The molecule has 0 radical (unpaired) electrons. The van der Waals surface area contributed by atoms with E-state index in [-0.39, 0.29) is 53.3 Å². The van der Waals surface area contributed by atoms with E-state index in [4.69, 9.17) is 19.5 Å². The normalized spacial score (nSPS) is 23.9. The van der Waals surface area contributed by atoms with E-state index in [1.807, 2.05) is 0 Å². The van der Waals surface area contributed by atoms with Crippen LogP contribution in [0.4, 0.5) is 5.82 Å². The molecule has 2 aliphatic heterocycles. The number of thioether (sulfide) groups is 1. The van der Waals surface area contributed by atoms with Gasteiger partial charge in [-0.3, -0.25) is 37.3 Å². The Bertz CT molecular complexity index is 1970. The number of nitrogen functional groups attached to an aromatic ring is 1. The number of hydrogen-bond acceptors (Lipinski definition) is 19. The van der Waals surface area contributed by atoms with Gasteiger partial charge in [-0.1, -0.05) is 25.6 Å². The number of imidazole rings is 1. The van der Waals surface area contributed by atoms with Crippen molar-refractivity contribution in [3.05, 3.63) is 12.7 Å². The van der Waals surface area contributed by atoms with Gasteiger partial charge >= 0.3 is 23.5 Å². The number of aliphatic hydroxyl groups is 2. The van der Waals surface area contributed by atoms with Crippen molar-refractivity contribution in [1.29, 1.82) is 0 Å². The number of phosphoric ester groups is 3. The summed E-state index contributed by atoms with van der Waals surface area (Å²) in [5.74, 6) is -1.44. The summed E-state index contributed by atoms with van der Waals surface area (Å²) < 4.78 is 62.1. The van der Waals surface area contributed by atoms with E-state index in [1.54, 1.807) is 0 Å². The Morgan fingerprint density at radius 3 is 2.43 bits per heavy atom. The number of rotatable bonds is 20. The van der Waals surface area contributed by atoms with Gasteiger partial charge in [0.05, 0.1) is 19.5 Å². The molecule has 0 aliphatic carbocycles. The summed E-state index contributed by atoms with van der Waals surface area (Å²) in [5, 5.41) is 26.2. The number of carbonyl (C=O) groups is 4. The largest absolute Gasteiger partial charge is 0.481 e. The minimum Gasteiger partial charge on any atom is -0.386 e. The lowest BCUT2D eigenvalue weighted by molar-refractivity contribution is -0.137. The van der Waals surface area contributed by atoms with Gasteiger partial charge < -0.3 is 55.8 Å². The van der Waals surface area contributed by atoms with E-state index in [0.29, 0.717) is 13.0 Å². The highest BCUT2D eigenvalue weighted by atomic mass is 32.2. The first kappa shape index (κ1) is 47.7. The third-order valence-corrected chi connectivity index (χ3v) is 12.7. The molecule has 2 saturated heterocycles. The minimum atomic E-state index is -5.58. The van der Waals surface area contributed by atoms with Crippen molar-refractivity contribution < 1.29 is 85.3 Å². The Balaban J connectivity index is 1.22. The van der Waals surface area contributed by atoms with Crippen LogP contribution >= 0.6 is 35.2 Å². The van der Waals surface area contributed by atoms with Crippen molar-refractivity contribution in [2.75, 3.05) is 44.3 Å². The second kappa shape index (κ2) is 19.6. The van der Waals surface area contributed by atoms with Crippen LogP contribution in [0, 0.1) is 5.41 Å². The van der Waals surface area contributed by atoms with Crippen molar-refractivity contribution in [3.63, 3.8) is 0 Å². The quantitative estimate of drug-likeness (QED) is 0.0549. The number of nitrogens with zero attached hydrogens (tertiary/aromatic N) is 5. The molecule has 2 aromatic rings. The number of ether oxygens (including phenoxy) is 1. The molecule has 326 valence electrons. The SMILES string of the molecule is CC(=O)N1CCCC1C(=O)SCCNC(=O)CCNC(=O)C(O)C(C)(C)COP(=O)(O)OP(=O)(O)OCC1OC(n2cnc3c(N)ncnc32)C(O)C1OP(=O)(O)O. The molecule has 30 heteroatoms. The molecule has 0 aromatic carbocycles. The standard InChI is InChI=1S/C28H45N8O18P3S/c1-15(37)35-9-4-5-16(35)27(42)58-10-8-30-18(38)6-7-31-25(41)22(40)28(2,3)12-51-57(48,49)54-56(46,47)50-11-17-21(53-55(43,44)45)20(39)26(52-17)36-14-34-19-23(29)32-13-33-24(19)36/h13-14,16-17,20-22,26,39-40H,4-12H2,1-3H3,(H,30,38)(H,31,41)(H,46,47)(H,48,49)(H2,29,32,33)(H2,43,44,45). The third kappa shape index (κ3) is 13.0. The van der Waals surface area contributed by atoms with Gasteiger partial charge in [-0.05, 0) is 12.8 Å². The first-order valence-corrected chi connectivity index (χ1v) is 22.7. The smallest absolute Gasteiger partial charge is 0.386 e. The third-order valence-electron chi connectivity index (χ3n) is 8.68. The lowest BCUT2D eigenvalue weighted by atomic mass is 9.87. The number of carbonyl (C=O) groups excluding carboxylic acids is 4. The molecule has 2 aliphatic rings. The Morgan fingerprint density at radius 1 is 1.07 bits per heavy atom. The number of anilines is 1. The zero-order valence-electron chi connectivity index (χ0n) is 31.1. The molecule has 8 atom stereocenters. The van der Waals surface area contributed by atoms with Gasteiger partial charge in [0.15, 0.2) is 17.7 Å². The summed E-state index contributed by atoms with van der Waals surface area (Å²) in [7, 11) is -16.4. The highest BCUT2D eigenvalue weighted by molar-refractivity contribution is 8.13. The molecule has 10 N–H and O–H groups in total. The van der Waals surface area contributed by atoms with E-state index in [0.717, 1.165) is 35.4 Å². The van der Waals surface area contributed by atoms with Crippen LogP contribution in [-0.2, 0) is 55.5 Å². The van der Waals surface area contributed by atoms with Crippen LogP contribution in [0.1, 0.15) is 46.3 Å². The summed E-state index contributed by atoms with van der Waals surface area (Å²) in [6.45, 7) is 2.27. The maximum atomic E-state index is 12.7. The molecule has 0 saturated carbocycles. The molecule has 4 rings (SSSR count). The fraction of sp³-hybridized carbons (Fsp3) is 0.679. The fourth-order valence-corrected chi connectivity index (χ4v) is 9.44. The highest BCUT2D eigenvalue weighted by Crippen LogP contribution is 2.61. The second-order valence-corrected chi connectivity index (χ2v) is 18.9. The molecule has 0 bridgehead atoms. The van der Waals surface area contributed by atoms with Gasteiger partial charge in [0.1, 0.15) is 42.3 Å². The number of phosphoric acid groups is 3. The Morgan fingerprint density at radius 2 is 1.76 bits per heavy atom. The summed E-state index contributed by atoms with van der Waals surface area (Å²) in [6.07, 6.45) is -5.70. The van der Waals surface area contributed by atoms with Crippen molar-refractivity contribution in [2.24, 2.45) is 5.41 Å². The van der Waals surface area contributed by atoms with Crippen molar-refractivity contribution in [2.45, 2.75) is 76.7 Å². The highest BCUT2D eigenvalue weighted by Gasteiger charge is 2.50. The predicted octanol–water partition coefficient (Wildman–Crippen LogP) is -1.32. The van der Waals surface area contributed by atoms with Crippen LogP contribution < -0.4 is 16.4 Å². The predicted molar refractivity (Wildman–Crippen MR) is 198 cm³/mol. The summed E-state index contributed by atoms with van der Waals surface area (Å²) in [5.41, 5.74) is 4.23. The average molecular weight is 907 g/mol. The van der Waals surface area contributed by atoms with Crippen LogP contribution in [0.3, 0.4) is 0 Å². The second-order valence-electron chi connectivity index (χ2n) is 13.6. The van der Waals surface area contributed by atoms with Crippen LogP contribution in [0.15, 0.2) is 12.7 Å². The molecule has 2 fully saturated rings. The lowest BCUT2D eigenvalue weighted by Gasteiger charge is -2.30. The van der Waals surface area contributed by atoms with Crippen LogP contribution in [0.5, 0.6) is 0 Å². The van der Waals surface area contributed by atoms with Crippen LogP contribution in [0.25, 0.3) is 11.2 Å². The first-order valence-electron chi connectivity index (χ1n) is 17.2. The number of nitrogens with one attached hydrogen (secondary N) is 2. The van der Waals surface area contributed by atoms with Crippen LogP contribution in [0.2, 0.25) is 0 Å². The molecular weight excluding hydrogens is 861 g/mol. The molecule has 8 unspecified atom stereocenters. The molecule has 4 heterocycles. The Kier molecular flexibility index (Phi) is 16.1. The van der Waals surface area contributed by atoms with Gasteiger partial charge in [0.2, 0.25) is 22.8 Å². The number of hydrogen-bond donors (Lipinski definition) is 9. The fourth-order valence-electron chi connectivity index (χ4n) is 5.77. The van der Waals surface area contributed by atoms with E-state index in [1.165, 1.54) is 25.7 Å². The monoisotopic (exact) mass is 906 g/mol. The zero-order valence-corrected chi connectivity index (χ0v) is 34.6. The van der Waals surface area contributed by atoms with Gasteiger partial charge in [-0.25, -0.2) is 28.6 Å². The number of amides is 3. The summed E-state index contributed by atoms with van der Waals surface area (Å²) in [6, 6.07) is -0.491. The van der Waals surface area contributed by atoms with Gasteiger partial charge in [-0.2, -0.15) is 4.31 Å². The number of nitrogens with two attached hydrogens (primary N) is 1. The molecular formula is C28H45N8O18P3S. The maximum absolute atomic E-state index is 12.7. The Labute approximate surface area is 334 Å². The molecule has 2 aromatic heterocycles. The number of aliphatic hydroxyl groups excluding tert-OH is 2. The molecule has 26 nitrogen and oxygen atoms in total. The Hall–Kier alpha value is -2.97. The number of aromatic nitrogens is 4. The van der Waals surface area contributed by atoms with E-state index in [2.05, 4.69) is 34.4 Å². The van der Waals surface area contributed by atoms with Gasteiger partial charge in [0.25, 0.3) is 0 Å². The number of fused-ring (bicyclic) bond motifs is 1. The van der Waals surface area contributed by atoms with Crippen molar-refractivity contribution >= 4 is 75.0 Å². The van der Waals surface area contributed by atoms with Crippen molar-refractivity contribution in [1.82, 2.24) is 35.1 Å². The molecule has 58 heavy (non-hydrogen) atoms. The zero-order chi connectivity index (χ0) is 43.2. The van der Waals surface area contributed by atoms with E-state index >= 15 is 0 Å². The lowest BCUT2D eigenvalue weighted by Crippen LogP contribution is -2.46. The van der Waals surface area contributed by atoms with Gasteiger partial charge in [-0.15, -0.1) is 0 Å². The van der Waals surface area contributed by atoms with Crippen LogP contribution in [-0.4, -0.2) is 146 Å². The minimum absolute atomic E-state index is 0.0250. The first-order chi connectivity index (χ1) is 26.9. The molecule has 3 amide bonds. The maximum Gasteiger partial charge on any atom is 0.481 e. The van der Waals surface area contributed by atoms with E-state index in [9.17, 15) is 62.7 Å². The molecule has 0 spiro atoms. The summed E-state index contributed by atoms with van der Waals surface area (Å²) >= 11 is 0.995. The van der Waals surface area contributed by atoms with Gasteiger partial charge in [0, 0.05) is 44.1 Å². The topological polar surface area (TPSA) is 384 Å².